The van der Waals surface area contributed by atoms with Crippen LogP contribution in [0.25, 0.3) is 16.6 Å². The first-order chi connectivity index (χ1) is 20.2. The monoisotopic (exact) mass is 579 g/mol. The third kappa shape index (κ3) is 5.31. The third-order valence-corrected chi connectivity index (χ3v) is 7.74. The highest BCUT2D eigenvalue weighted by atomic mass is 35.5. The Bertz CT molecular complexity index is 1720. The number of benzene rings is 4. The zero-order chi connectivity index (χ0) is 29.9. The number of rotatable bonds is 8. The summed E-state index contributed by atoms with van der Waals surface area (Å²) in [6.45, 7) is 6.00. The quantitative estimate of drug-likeness (QED) is 0.198. The Balaban J connectivity index is 1.58. The largest absolute Gasteiger partial charge is 0.386 e. The number of amides is 1. The molecule has 0 saturated heterocycles. The van der Waals surface area contributed by atoms with Crippen LogP contribution in [0, 0.1) is 5.41 Å². The van der Waals surface area contributed by atoms with E-state index in [-0.39, 0.29) is 17.9 Å². The van der Waals surface area contributed by atoms with E-state index in [9.17, 15) is 9.59 Å². The smallest absolute Gasteiger partial charge is 0.281 e. The SMILES string of the molecule is CNc1c(NC(=O)COC(c2ccccc2)(c2ccccc2)C(C)(C)C)c(=O)n(-c2ccccc2)c2cc(Cl)ccc12. The molecule has 0 atom stereocenters. The maximum atomic E-state index is 14.0. The highest BCUT2D eigenvalue weighted by Crippen LogP contribution is 2.48. The second kappa shape index (κ2) is 11.8. The average Bonchev–Trinajstić information content (AvgIpc) is 2.99. The summed E-state index contributed by atoms with van der Waals surface area (Å²) >= 11 is 6.35. The van der Waals surface area contributed by atoms with Crippen molar-refractivity contribution in [2.24, 2.45) is 5.41 Å². The molecule has 0 spiro atoms. The molecular weight excluding hydrogens is 546 g/mol. The van der Waals surface area contributed by atoms with E-state index in [4.69, 9.17) is 16.3 Å². The fourth-order valence-electron chi connectivity index (χ4n) is 5.68. The summed E-state index contributed by atoms with van der Waals surface area (Å²) in [7, 11) is 1.72. The van der Waals surface area contributed by atoms with E-state index in [1.54, 1.807) is 23.7 Å². The van der Waals surface area contributed by atoms with E-state index < -0.39 is 16.9 Å². The van der Waals surface area contributed by atoms with Gasteiger partial charge in [-0.1, -0.05) is 111 Å². The van der Waals surface area contributed by atoms with Gasteiger partial charge in [0.05, 0.1) is 11.2 Å². The van der Waals surface area contributed by atoms with E-state index in [1.165, 1.54) is 0 Å². The summed E-state index contributed by atoms with van der Waals surface area (Å²) in [5, 5.41) is 7.23. The second-order valence-electron chi connectivity index (χ2n) is 11.1. The molecule has 0 radical (unpaired) electrons. The number of anilines is 2. The summed E-state index contributed by atoms with van der Waals surface area (Å²) in [6, 6.07) is 34.5. The predicted octanol–water partition coefficient (Wildman–Crippen LogP) is 7.63. The molecule has 4 aromatic carbocycles. The molecule has 2 N–H and O–H groups in total. The Morgan fingerprint density at radius 2 is 1.36 bits per heavy atom. The van der Waals surface area contributed by atoms with Crippen LogP contribution in [0.1, 0.15) is 31.9 Å². The molecule has 0 bridgehead atoms. The van der Waals surface area contributed by atoms with Gasteiger partial charge in [-0.25, -0.2) is 0 Å². The number of halogens is 1. The number of nitrogens with one attached hydrogen (secondary N) is 2. The zero-order valence-corrected chi connectivity index (χ0v) is 24.9. The molecule has 1 heterocycles. The third-order valence-electron chi connectivity index (χ3n) is 7.50. The Morgan fingerprint density at radius 3 is 1.88 bits per heavy atom. The standard InChI is InChI=1S/C35H34ClN3O3/c1-34(2,3)35(24-14-8-5-9-15-24,25-16-10-6-11-17-25)42-23-30(40)38-32-31(37-4)28-21-20-26(36)22-29(28)39(33(32)41)27-18-12-7-13-19-27/h5-22,37H,23H2,1-4H3,(H,38,40). The molecule has 42 heavy (non-hydrogen) atoms. The molecule has 5 aromatic rings. The molecule has 214 valence electrons. The molecular formula is C35H34ClN3O3. The lowest BCUT2D eigenvalue weighted by Gasteiger charge is -2.45. The Morgan fingerprint density at radius 1 is 0.810 bits per heavy atom. The van der Waals surface area contributed by atoms with Crippen LogP contribution >= 0.6 is 11.6 Å². The van der Waals surface area contributed by atoms with Crippen molar-refractivity contribution in [3.63, 3.8) is 0 Å². The number of ether oxygens (including phenoxy) is 1. The van der Waals surface area contributed by atoms with E-state index in [0.717, 1.165) is 16.5 Å². The van der Waals surface area contributed by atoms with Gasteiger partial charge in [0.2, 0.25) is 0 Å². The number of carbonyl (C=O) groups is 1. The van der Waals surface area contributed by atoms with Crippen molar-refractivity contribution in [3.05, 3.63) is 136 Å². The van der Waals surface area contributed by atoms with Gasteiger partial charge in [-0.05, 0) is 46.9 Å². The Kier molecular flexibility index (Phi) is 8.21. The number of aromatic nitrogens is 1. The highest BCUT2D eigenvalue weighted by Gasteiger charge is 2.46. The molecule has 0 aliphatic carbocycles. The molecule has 0 aliphatic rings. The fraction of sp³-hybridized carbons (Fsp3) is 0.200. The first-order valence-electron chi connectivity index (χ1n) is 13.8. The summed E-state index contributed by atoms with van der Waals surface area (Å²) in [5.41, 5.74) is 2.01. The van der Waals surface area contributed by atoms with Crippen molar-refractivity contribution in [1.29, 1.82) is 0 Å². The van der Waals surface area contributed by atoms with Crippen LogP contribution in [0.5, 0.6) is 0 Å². The molecule has 1 amide bonds. The van der Waals surface area contributed by atoms with E-state index in [2.05, 4.69) is 31.4 Å². The fourth-order valence-corrected chi connectivity index (χ4v) is 5.85. The van der Waals surface area contributed by atoms with Gasteiger partial charge >= 0.3 is 0 Å². The molecule has 0 fully saturated rings. The van der Waals surface area contributed by atoms with Crippen molar-refractivity contribution in [2.45, 2.75) is 26.4 Å². The normalized spacial score (nSPS) is 11.8. The van der Waals surface area contributed by atoms with Crippen LogP contribution in [0.4, 0.5) is 11.4 Å². The first kappa shape index (κ1) is 29.1. The number of nitrogens with zero attached hydrogens (tertiary/aromatic N) is 1. The second-order valence-corrected chi connectivity index (χ2v) is 11.6. The van der Waals surface area contributed by atoms with Crippen molar-refractivity contribution in [1.82, 2.24) is 4.57 Å². The molecule has 0 unspecified atom stereocenters. The summed E-state index contributed by atoms with van der Waals surface area (Å²) in [4.78, 5) is 27.7. The first-order valence-corrected chi connectivity index (χ1v) is 14.2. The van der Waals surface area contributed by atoms with Crippen LogP contribution < -0.4 is 16.2 Å². The molecule has 0 aliphatic heterocycles. The lowest BCUT2D eigenvalue weighted by molar-refractivity contribution is -0.135. The van der Waals surface area contributed by atoms with Crippen molar-refractivity contribution in [2.75, 3.05) is 24.3 Å². The minimum atomic E-state index is -0.941. The van der Waals surface area contributed by atoms with Crippen LogP contribution in [0.3, 0.4) is 0 Å². The minimum absolute atomic E-state index is 0.130. The minimum Gasteiger partial charge on any atom is -0.386 e. The van der Waals surface area contributed by atoms with E-state index >= 15 is 0 Å². The lowest BCUT2D eigenvalue weighted by Crippen LogP contribution is -2.45. The van der Waals surface area contributed by atoms with Gasteiger partial charge in [0.15, 0.2) is 0 Å². The van der Waals surface area contributed by atoms with E-state index in [1.807, 2.05) is 97.1 Å². The lowest BCUT2D eigenvalue weighted by atomic mass is 9.68. The van der Waals surface area contributed by atoms with Crippen LogP contribution in [0.15, 0.2) is 114 Å². The average molecular weight is 580 g/mol. The van der Waals surface area contributed by atoms with Gasteiger partial charge in [-0.15, -0.1) is 0 Å². The number of pyridine rings is 1. The molecule has 1 aromatic heterocycles. The van der Waals surface area contributed by atoms with Crippen molar-refractivity contribution < 1.29 is 9.53 Å². The number of hydrogen-bond acceptors (Lipinski definition) is 4. The Hall–Kier alpha value is -4.39. The van der Waals surface area contributed by atoms with Gasteiger partial charge in [-0.3, -0.25) is 14.2 Å². The van der Waals surface area contributed by atoms with Gasteiger partial charge < -0.3 is 15.4 Å². The topological polar surface area (TPSA) is 72.4 Å². The number of hydrogen-bond donors (Lipinski definition) is 2. The summed E-state index contributed by atoms with van der Waals surface area (Å²) in [5.74, 6) is -0.447. The van der Waals surface area contributed by atoms with E-state index in [0.29, 0.717) is 21.9 Å². The summed E-state index contributed by atoms with van der Waals surface area (Å²) < 4.78 is 8.23. The zero-order valence-electron chi connectivity index (χ0n) is 24.1. The van der Waals surface area contributed by atoms with Crippen LogP contribution in [0.2, 0.25) is 5.02 Å². The molecule has 6 nitrogen and oxygen atoms in total. The predicted molar refractivity (Wildman–Crippen MR) is 172 cm³/mol. The van der Waals surface area contributed by atoms with Crippen molar-refractivity contribution in [3.8, 4) is 5.69 Å². The molecule has 0 saturated carbocycles. The number of fused-ring (bicyclic) bond motifs is 1. The van der Waals surface area contributed by atoms with Gasteiger partial charge in [-0.2, -0.15) is 0 Å². The maximum absolute atomic E-state index is 14.0. The van der Waals surface area contributed by atoms with Gasteiger partial charge in [0, 0.05) is 23.1 Å². The van der Waals surface area contributed by atoms with Crippen molar-refractivity contribution >= 4 is 39.8 Å². The van der Waals surface area contributed by atoms with Crippen LogP contribution in [-0.2, 0) is 15.1 Å². The summed E-state index contributed by atoms with van der Waals surface area (Å²) in [6.07, 6.45) is 0. The Labute approximate surface area is 250 Å². The van der Waals surface area contributed by atoms with Crippen LogP contribution in [-0.4, -0.2) is 24.1 Å². The van der Waals surface area contributed by atoms with Gasteiger partial charge in [0.1, 0.15) is 17.9 Å². The van der Waals surface area contributed by atoms with Gasteiger partial charge in [0.25, 0.3) is 11.5 Å². The highest BCUT2D eigenvalue weighted by molar-refractivity contribution is 6.31. The number of para-hydroxylation sites is 1. The number of carbonyl (C=O) groups excluding carboxylic acids is 1. The molecule has 7 heteroatoms. The molecule has 5 rings (SSSR count). The maximum Gasteiger partial charge on any atom is 0.281 e.